The maximum absolute atomic E-state index is 12.8. The third kappa shape index (κ3) is 5.00. The summed E-state index contributed by atoms with van der Waals surface area (Å²) in [5.74, 6) is 1.84. The minimum Gasteiger partial charge on any atom is -0.420 e. The van der Waals surface area contributed by atoms with E-state index in [1.807, 2.05) is 73.0 Å². The molecule has 9 nitrogen and oxygen atoms in total. The van der Waals surface area contributed by atoms with E-state index in [1.54, 1.807) is 18.2 Å². The third-order valence-corrected chi connectivity index (χ3v) is 8.70. The first kappa shape index (κ1) is 25.8. The molecule has 0 unspecified atom stereocenters. The van der Waals surface area contributed by atoms with E-state index in [9.17, 15) is 8.42 Å². The Bertz CT molecular complexity index is 1670. The second-order valence-electron chi connectivity index (χ2n) is 8.85. The zero-order valence-corrected chi connectivity index (χ0v) is 23.0. The van der Waals surface area contributed by atoms with Crippen molar-refractivity contribution in [1.82, 2.24) is 29.3 Å². The molecule has 0 saturated carbocycles. The lowest BCUT2D eigenvalue weighted by atomic mass is 10.1. The molecule has 0 radical (unpaired) electrons. The Balaban J connectivity index is 1.55. The largest absolute Gasteiger partial charge is 0.420 e. The van der Waals surface area contributed by atoms with Gasteiger partial charge in [0.25, 0.3) is 0 Å². The molecule has 0 amide bonds. The molecule has 11 heteroatoms. The van der Waals surface area contributed by atoms with Gasteiger partial charge in [-0.3, -0.25) is 4.57 Å². The Kier molecular flexibility index (Phi) is 7.15. The average Bonchev–Trinajstić information content (AvgIpc) is 3.55. The fourth-order valence-corrected chi connectivity index (χ4v) is 5.78. The smallest absolute Gasteiger partial charge is 0.247 e. The number of rotatable bonds is 8. The van der Waals surface area contributed by atoms with Crippen LogP contribution in [0.1, 0.15) is 17.0 Å². The molecule has 0 aliphatic rings. The topological polar surface area (TPSA) is 107 Å². The van der Waals surface area contributed by atoms with Crippen molar-refractivity contribution in [2.45, 2.75) is 29.7 Å². The number of nitrogens with zero attached hydrogens (tertiary/aromatic N) is 6. The van der Waals surface area contributed by atoms with Gasteiger partial charge >= 0.3 is 0 Å². The summed E-state index contributed by atoms with van der Waals surface area (Å²) in [4.78, 5) is 0.185. The molecule has 2 aromatic heterocycles. The predicted molar refractivity (Wildman–Crippen MR) is 146 cm³/mol. The van der Waals surface area contributed by atoms with Crippen LogP contribution in [0.3, 0.4) is 0 Å². The van der Waals surface area contributed by atoms with Crippen molar-refractivity contribution in [2.75, 3.05) is 14.1 Å². The molecule has 2 heterocycles. The summed E-state index contributed by atoms with van der Waals surface area (Å²) < 4.78 is 34.6. The maximum atomic E-state index is 12.8. The van der Waals surface area contributed by atoms with Gasteiger partial charge in [0.05, 0.1) is 16.3 Å². The number of para-hydroxylation sites is 1. The first-order valence-electron chi connectivity index (χ1n) is 11.8. The van der Waals surface area contributed by atoms with Gasteiger partial charge in [-0.25, -0.2) is 12.7 Å². The Morgan fingerprint density at radius 2 is 1.53 bits per heavy atom. The number of aromatic nitrogens is 5. The first-order chi connectivity index (χ1) is 18.3. The molecule has 0 N–H and O–H groups in total. The molecule has 0 aliphatic carbocycles. The number of hydrogen-bond acceptors (Lipinski definition) is 8. The Labute approximate surface area is 225 Å². The van der Waals surface area contributed by atoms with Crippen LogP contribution < -0.4 is 0 Å². The van der Waals surface area contributed by atoms with Crippen LogP contribution in [0.15, 0.2) is 87.3 Å². The van der Waals surface area contributed by atoms with Crippen molar-refractivity contribution in [3.8, 4) is 28.5 Å². The molecule has 0 bridgehead atoms. The molecule has 0 aliphatic heterocycles. The molecular weight excluding hydrogens is 520 g/mol. The number of benzene rings is 3. The second kappa shape index (κ2) is 10.5. The monoisotopic (exact) mass is 546 g/mol. The van der Waals surface area contributed by atoms with Crippen LogP contribution in [0.4, 0.5) is 0 Å². The normalized spacial score (nSPS) is 11.8. The van der Waals surface area contributed by atoms with Crippen molar-refractivity contribution >= 4 is 21.8 Å². The van der Waals surface area contributed by atoms with Gasteiger partial charge in [0.15, 0.2) is 11.0 Å². The molecule has 194 valence electrons. The van der Waals surface area contributed by atoms with Crippen LogP contribution in [0.2, 0.25) is 0 Å². The van der Waals surface area contributed by atoms with Gasteiger partial charge in [-0.1, -0.05) is 60.3 Å². The molecule has 3 aromatic carbocycles. The summed E-state index contributed by atoms with van der Waals surface area (Å²) in [7, 11) is -0.597. The van der Waals surface area contributed by atoms with Crippen LogP contribution in [0, 0.1) is 13.8 Å². The fourth-order valence-electron chi connectivity index (χ4n) is 4.05. The predicted octanol–water partition coefficient (Wildman–Crippen LogP) is 5.14. The van der Waals surface area contributed by atoms with E-state index in [1.165, 1.54) is 30.2 Å². The lowest BCUT2D eigenvalue weighted by Crippen LogP contribution is -2.22. The van der Waals surface area contributed by atoms with Crippen LogP contribution in [0.25, 0.3) is 28.5 Å². The highest BCUT2D eigenvalue weighted by Crippen LogP contribution is 2.33. The van der Waals surface area contributed by atoms with Gasteiger partial charge in [-0.05, 0) is 49.2 Å². The van der Waals surface area contributed by atoms with Crippen molar-refractivity contribution < 1.29 is 12.8 Å². The van der Waals surface area contributed by atoms with Crippen molar-refractivity contribution in [2.24, 2.45) is 0 Å². The molecule has 0 fully saturated rings. The van der Waals surface area contributed by atoms with E-state index in [0.29, 0.717) is 34.1 Å². The zero-order valence-electron chi connectivity index (χ0n) is 21.4. The van der Waals surface area contributed by atoms with Gasteiger partial charge in [-0.15, -0.1) is 20.4 Å². The molecule has 0 saturated heterocycles. The number of sulfonamides is 1. The van der Waals surface area contributed by atoms with Crippen molar-refractivity contribution in [3.05, 3.63) is 89.8 Å². The second-order valence-corrected chi connectivity index (χ2v) is 11.9. The zero-order chi connectivity index (χ0) is 26.9. The molecule has 5 rings (SSSR count). The lowest BCUT2D eigenvalue weighted by Gasteiger charge is -2.16. The summed E-state index contributed by atoms with van der Waals surface area (Å²) in [5, 5.41) is 18.0. The van der Waals surface area contributed by atoms with Gasteiger partial charge in [0.2, 0.25) is 21.8 Å². The van der Waals surface area contributed by atoms with Crippen molar-refractivity contribution in [1.29, 1.82) is 0 Å². The van der Waals surface area contributed by atoms with Gasteiger partial charge in [0.1, 0.15) is 0 Å². The minimum absolute atomic E-state index is 0.185. The van der Waals surface area contributed by atoms with Gasteiger partial charge < -0.3 is 4.42 Å². The third-order valence-electron chi connectivity index (χ3n) is 5.98. The molecule has 0 atom stereocenters. The quantitative estimate of drug-likeness (QED) is 0.246. The van der Waals surface area contributed by atoms with E-state index < -0.39 is 10.0 Å². The minimum atomic E-state index is -3.62. The summed E-state index contributed by atoms with van der Waals surface area (Å²) in [6.07, 6.45) is 0. The number of hydrogen-bond donors (Lipinski definition) is 0. The molecule has 38 heavy (non-hydrogen) atoms. The van der Waals surface area contributed by atoms with Crippen LogP contribution in [-0.2, 0) is 15.8 Å². The summed E-state index contributed by atoms with van der Waals surface area (Å²) in [6.45, 7) is 4.05. The standard InChI is InChI=1S/C27H26N6O3S2/c1-18-10-8-11-19(2)24(18)33-25(21-14-9-15-22(16-21)38(34,35)32(3)4)29-31-27(33)37-17-23-28-30-26(36-23)20-12-6-5-7-13-20/h5-16H,17H2,1-4H3. The van der Waals surface area contributed by atoms with Crippen LogP contribution >= 0.6 is 11.8 Å². The molecule has 5 aromatic rings. The number of thioether (sulfide) groups is 1. The van der Waals surface area contributed by atoms with Crippen LogP contribution in [0.5, 0.6) is 0 Å². The highest BCUT2D eigenvalue weighted by molar-refractivity contribution is 7.98. The SMILES string of the molecule is Cc1cccc(C)c1-n1c(SCc2nnc(-c3ccccc3)o2)nnc1-c1cccc(S(=O)(=O)N(C)C)c1. The number of aryl methyl sites for hydroxylation is 2. The summed E-state index contributed by atoms with van der Waals surface area (Å²) >= 11 is 1.42. The lowest BCUT2D eigenvalue weighted by molar-refractivity contribution is 0.520. The van der Waals surface area contributed by atoms with E-state index in [0.717, 1.165) is 22.4 Å². The summed E-state index contributed by atoms with van der Waals surface area (Å²) in [5.41, 5.74) is 4.50. The van der Waals surface area contributed by atoms with E-state index >= 15 is 0 Å². The highest BCUT2D eigenvalue weighted by Gasteiger charge is 2.23. The summed E-state index contributed by atoms with van der Waals surface area (Å²) in [6, 6.07) is 22.4. The average molecular weight is 547 g/mol. The maximum Gasteiger partial charge on any atom is 0.247 e. The van der Waals surface area contributed by atoms with Crippen LogP contribution in [-0.4, -0.2) is 51.8 Å². The Morgan fingerprint density at radius 3 is 2.24 bits per heavy atom. The van der Waals surface area contributed by atoms with Gasteiger partial charge in [0, 0.05) is 25.2 Å². The van der Waals surface area contributed by atoms with E-state index in [-0.39, 0.29) is 4.90 Å². The van der Waals surface area contributed by atoms with Gasteiger partial charge in [-0.2, -0.15) is 0 Å². The first-order valence-corrected chi connectivity index (χ1v) is 14.2. The van der Waals surface area contributed by atoms with E-state index in [4.69, 9.17) is 4.42 Å². The molecule has 0 spiro atoms. The fraction of sp³-hybridized carbons (Fsp3) is 0.185. The van der Waals surface area contributed by atoms with E-state index in [2.05, 4.69) is 20.4 Å². The highest BCUT2D eigenvalue weighted by atomic mass is 32.2. The molecular formula is C27H26N6O3S2. The van der Waals surface area contributed by atoms with Crippen molar-refractivity contribution in [3.63, 3.8) is 0 Å². The Morgan fingerprint density at radius 1 is 0.842 bits per heavy atom. The Hall–Kier alpha value is -3.80.